The van der Waals surface area contributed by atoms with Crippen LogP contribution in [-0.2, 0) is 6.42 Å². The lowest BCUT2D eigenvalue weighted by Crippen LogP contribution is -2.31. The highest BCUT2D eigenvalue weighted by Crippen LogP contribution is 2.23. The van der Waals surface area contributed by atoms with Crippen molar-refractivity contribution in [1.82, 2.24) is 5.32 Å². The molecule has 0 aliphatic heterocycles. The van der Waals surface area contributed by atoms with E-state index < -0.39 is 0 Å². The monoisotopic (exact) mass is 299 g/mol. The number of hydrogen-bond donors (Lipinski definition) is 1. The van der Waals surface area contributed by atoms with Gasteiger partial charge in [-0.05, 0) is 36.5 Å². The molecule has 0 saturated carbocycles. The predicted molar refractivity (Wildman–Crippen MR) is 88.9 cm³/mol. The highest BCUT2D eigenvalue weighted by Gasteiger charge is 2.21. The molecule has 1 atom stereocenters. The van der Waals surface area contributed by atoms with Crippen molar-refractivity contribution in [1.29, 1.82) is 0 Å². The maximum Gasteiger partial charge on any atom is 0.287 e. The normalized spacial score (nSPS) is 12.4. The molecule has 1 N–H and O–H groups in total. The molecule has 1 aromatic carbocycles. The fourth-order valence-electron chi connectivity index (χ4n) is 2.63. The Labute approximate surface area is 132 Å². The summed E-state index contributed by atoms with van der Waals surface area (Å²) in [6, 6.07) is 10.3. The molecule has 22 heavy (non-hydrogen) atoms. The van der Waals surface area contributed by atoms with Crippen LogP contribution < -0.4 is 5.32 Å². The lowest BCUT2D eigenvalue weighted by molar-refractivity contribution is 0.0896. The summed E-state index contributed by atoms with van der Waals surface area (Å²) in [6.45, 7) is 8.28. The van der Waals surface area contributed by atoms with Crippen LogP contribution in [-0.4, -0.2) is 5.91 Å². The van der Waals surface area contributed by atoms with E-state index in [1.165, 1.54) is 5.56 Å². The van der Waals surface area contributed by atoms with E-state index in [1.54, 1.807) is 12.3 Å². The molecule has 0 bridgehead atoms. The summed E-state index contributed by atoms with van der Waals surface area (Å²) in [4.78, 5) is 12.4. The van der Waals surface area contributed by atoms with Crippen molar-refractivity contribution in [2.24, 2.45) is 5.92 Å². The number of nitrogens with one attached hydrogen (secondary N) is 1. The molecule has 0 fully saturated rings. The Hall–Kier alpha value is -2.03. The molecule has 0 aliphatic carbocycles. The smallest absolute Gasteiger partial charge is 0.287 e. The van der Waals surface area contributed by atoms with Gasteiger partial charge in [-0.25, -0.2) is 0 Å². The molecule has 0 aliphatic rings. The Morgan fingerprint density at radius 3 is 2.36 bits per heavy atom. The molecule has 1 amide bonds. The fourth-order valence-corrected chi connectivity index (χ4v) is 2.63. The minimum atomic E-state index is -0.154. The van der Waals surface area contributed by atoms with E-state index in [4.69, 9.17) is 4.42 Å². The number of benzene rings is 1. The molecule has 0 radical (unpaired) electrons. The van der Waals surface area contributed by atoms with Crippen molar-refractivity contribution in [3.8, 4) is 0 Å². The van der Waals surface area contributed by atoms with Gasteiger partial charge in [0.25, 0.3) is 5.91 Å². The highest BCUT2D eigenvalue weighted by atomic mass is 16.3. The molecular weight excluding hydrogens is 274 g/mol. The Bertz CT molecular complexity index is 611. The van der Waals surface area contributed by atoms with Crippen molar-refractivity contribution in [3.63, 3.8) is 0 Å². The molecule has 1 heterocycles. The van der Waals surface area contributed by atoms with E-state index in [0.29, 0.717) is 11.7 Å². The van der Waals surface area contributed by atoms with Gasteiger partial charge in [0.1, 0.15) is 0 Å². The Morgan fingerprint density at radius 2 is 1.86 bits per heavy atom. The molecular formula is C19H25NO2. The number of hydrogen-bond acceptors (Lipinski definition) is 2. The maximum absolute atomic E-state index is 12.4. The Kier molecular flexibility index (Phi) is 5.42. The summed E-state index contributed by atoms with van der Waals surface area (Å²) in [5, 5.41) is 3.09. The second-order valence-electron chi connectivity index (χ2n) is 6.12. The molecule has 2 rings (SSSR count). The van der Waals surface area contributed by atoms with Crippen LogP contribution >= 0.6 is 0 Å². The first-order chi connectivity index (χ1) is 10.5. The molecule has 1 aromatic heterocycles. The minimum Gasteiger partial charge on any atom is -0.459 e. The van der Waals surface area contributed by atoms with Gasteiger partial charge in [-0.3, -0.25) is 4.79 Å². The van der Waals surface area contributed by atoms with Gasteiger partial charge >= 0.3 is 0 Å². The van der Waals surface area contributed by atoms with Crippen molar-refractivity contribution in [2.45, 2.75) is 46.6 Å². The topological polar surface area (TPSA) is 42.2 Å². The first-order valence-electron chi connectivity index (χ1n) is 7.96. The minimum absolute atomic E-state index is 0.0207. The lowest BCUT2D eigenvalue weighted by Gasteiger charge is -2.23. The number of carbonyl (C=O) groups is 1. The summed E-state index contributed by atoms with van der Waals surface area (Å²) >= 11 is 0. The molecule has 0 unspecified atom stereocenters. The summed E-state index contributed by atoms with van der Waals surface area (Å²) in [5.74, 6) is 0.545. The third kappa shape index (κ3) is 3.79. The van der Waals surface area contributed by atoms with Crippen molar-refractivity contribution >= 4 is 5.91 Å². The number of carbonyl (C=O) groups excluding carboxylic acids is 1. The molecule has 2 aromatic rings. The zero-order chi connectivity index (χ0) is 16.1. The average Bonchev–Trinajstić information content (AvgIpc) is 2.92. The number of rotatable bonds is 6. The second kappa shape index (κ2) is 7.30. The fraction of sp³-hybridized carbons (Fsp3) is 0.421. The van der Waals surface area contributed by atoms with Gasteiger partial charge in [0.2, 0.25) is 0 Å². The van der Waals surface area contributed by atoms with E-state index in [-0.39, 0.29) is 11.9 Å². The molecule has 0 saturated heterocycles. The van der Waals surface area contributed by atoms with E-state index in [1.807, 2.05) is 6.92 Å². The van der Waals surface area contributed by atoms with Crippen LogP contribution in [0.3, 0.4) is 0 Å². The van der Waals surface area contributed by atoms with Gasteiger partial charge in [-0.1, -0.05) is 51.5 Å². The van der Waals surface area contributed by atoms with Crippen LogP contribution in [0.15, 0.2) is 41.0 Å². The van der Waals surface area contributed by atoms with Crippen LogP contribution in [0.5, 0.6) is 0 Å². The van der Waals surface area contributed by atoms with Crippen LogP contribution in [0.2, 0.25) is 0 Å². The summed E-state index contributed by atoms with van der Waals surface area (Å²) in [7, 11) is 0. The van der Waals surface area contributed by atoms with Crippen molar-refractivity contribution < 1.29 is 9.21 Å². The summed E-state index contributed by atoms with van der Waals surface area (Å²) < 4.78 is 5.28. The quantitative estimate of drug-likeness (QED) is 0.842. The SMILES string of the molecule is CCCc1ccc([C@@H](NC(=O)c2occc2C)C(C)C)cc1. The zero-order valence-electron chi connectivity index (χ0n) is 13.8. The highest BCUT2D eigenvalue weighted by molar-refractivity contribution is 5.93. The van der Waals surface area contributed by atoms with Gasteiger partial charge in [0.05, 0.1) is 12.3 Å². The third-order valence-corrected chi connectivity index (χ3v) is 3.90. The first-order valence-corrected chi connectivity index (χ1v) is 7.96. The largest absolute Gasteiger partial charge is 0.459 e. The number of amides is 1. The number of aryl methyl sites for hydroxylation is 2. The maximum atomic E-state index is 12.4. The lowest BCUT2D eigenvalue weighted by atomic mass is 9.94. The van der Waals surface area contributed by atoms with Crippen LogP contribution in [0.4, 0.5) is 0 Å². The Balaban J connectivity index is 2.16. The molecule has 3 nitrogen and oxygen atoms in total. The van der Waals surface area contributed by atoms with Crippen LogP contribution in [0, 0.1) is 12.8 Å². The van der Waals surface area contributed by atoms with Crippen molar-refractivity contribution in [3.05, 3.63) is 59.0 Å². The number of furan rings is 1. The molecule has 3 heteroatoms. The van der Waals surface area contributed by atoms with E-state index >= 15 is 0 Å². The van der Waals surface area contributed by atoms with Crippen molar-refractivity contribution in [2.75, 3.05) is 0 Å². The van der Waals surface area contributed by atoms with Gasteiger partial charge in [0.15, 0.2) is 5.76 Å². The molecule has 118 valence electrons. The zero-order valence-corrected chi connectivity index (χ0v) is 13.8. The van der Waals surface area contributed by atoms with E-state index in [0.717, 1.165) is 24.0 Å². The van der Waals surface area contributed by atoms with Crippen LogP contribution in [0.1, 0.15) is 60.5 Å². The van der Waals surface area contributed by atoms with Crippen LogP contribution in [0.25, 0.3) is 0 Å². The standard InChI is InChI=1S/C19H25NO2/c1-5-6-15-7-9-16(10-8-15)17(13(2)3)20-19(21)18-14(4)11-12-22-18/h7-13,17H,5-6H2,1-4H3,(H,20,21)/t17-/m0/s1. The first kappa shape index (κ1) is 16.3. The summed E-state index contributed by atoms with van der Waals surface area (Å²) in [6.07, 6.45) is 3.78. The van der Waals surface area contributed by atoms with E-state index in [9.17, 15) is 4.79 Å². The summed E-state index contributed by atoms with van der Waals surface area (Å²) in [5.41, 5.74) is 3.33. The Morgan fingerprint density at radius 1 is 1.18 bits per heavy atom. The second-order valence-corrected chi connectivity index (χ2v) is 6.12. The van der Waals surface area contributed by atoms with Gasteiger partial charge in [-0.2, -0.15) is 0 Å². The van der Waals surface area contributed by atoms with Gasteiger partial charge in [-0.15, -0.1) is 0 Å². The van der Waals surface area contributed by atoms with E-state index in [2.05, 4.69) is 50.4 Å². The molecule has 0 spiro atoms. The predicted octanol–water partition coefficient (Wildman–Crippen LogP) is 4.67. The third-order valence-electron chi connectivity index (χ3n) is 3.90. The average molecular weight is 299 g/mol. The van der Waals surface area contributed by atoms with Gasteiger partial charge in [0, 0.05) is 5.56 Å². The van der Waals surface area contributed by atoms with Gasteiger partial charge < -0.3 is 9.73 Å².